The van der Waals surface area contributed by atoms with E-state index in [-0.39, 0.29) is 11.8 Å². The van der Waals surface area contributed by atoms with E-state index in [2.05, 4.69) is 17.4 Å². The maximum atomic E-state index is 12.7. The van der Waals surface area contributed by atoms with Crippen molar-refractivity contribution in [3.05, 3.63) is 71.5 Å². The fourth-order valence-electron chi connectivity index (χ4n) is 4.91. The van der Waals surface area contributed by atoms with Gasteiger partial charge in [-0.1, -0.05) is 61.7 Å². The zero-order valence-corrected chi connectivity index (χ0v) is 19.5. The fraction of sp³-hybridized carbons (Fsp3) is 0.407. The molecule has 2 aromatic carbocycles. The van der Waals surface area contributed by atoms with Crippen LogP contribution in [0.1, 0.15) is 62.1 Å². The maximum Gasteiger partial charge on any atom is 0.241 e. The monoisotopic (exact) mass is 446 g/mol. The number of carbonyl (C=O) groups is 1. The number of anilines is 1. The van der Waals surface area contributed by atoms with Crippen molar-refractivity contribution < 1.29 is 9.90 Å². The normalized spacial score (nSPS) is 16.4. The number of hydrogen-bond donors (Lipinski definition) is 3. The van der Waals surface area contributed by atoms with Crippen LogP contribution < -0.4 is 11.1 Å². The molecule has 1 fully saturated rings. The lowest BCUT2D eigenvalue weighted by Crippen LogP contribution is -2.42. The number of nitrogens with one attached hydrogen (secondary N) is 1. The molecule has 1 amide bonds. The van der Waals surface area contributed by atoms with Crippen molar-refractivity contribution >= 4 is 11.6 Å². The number of nitrogens with zero attached hydrogens (tertiary/aromatic N) is 2. The van der Waals surface area contributed by atoms with Crippen LogP contribution in [-0.2, 0) is 11.3 Å². The first-order valence-electron chi connectivity index (χ1n) is 11.9. The molecule has 0 aliphatic heterocycles. The molecule has 33 heavy (non-hydrogen) atoms. The summed E-state index contributed by atoms with van der Waals surface area (Å²) in [6.45, 7) is 4.32. The van der Waals surface area contributed by atoms with Crippen molar-refractivity contribution in [3.8, 4) is 11.1 Å². The number of carbonyl (C=O) groups excluding carboxylic acids is 1. The van der Waals surface area contributed by atoms with E-state index in [9.17, 15) is 9.90 Å². The molecule has 4 rings (SSSR count). The van der Waals surface area contributed by atoms with Gasteiger partial charge in [0.15, 0.2) is 0 Å². The highest BCUT2D eigenvalue weighted by Gasteiger charge is 2.26. The lowest BCUT2D eigenvalue weighted by atomic mass is 9.84. The molecule has 4 N–H and O–H groups in total. The predicted molar refractivity (Wildman–Crippen MR) is 132 cm³/mol. The molecule has 1 aromatic heterocycles. The smallest absolute Gasteiger partial charge is 0.241 e. The summed E-state index contributed by atoms with van der Waals surface area (Å²) in [5, 5.41) is 18.3. The average Bonchev–Trinajstić information content (AvgIpc) is 3.16. The summed E-state index contributed by atoms with van der Waals surface area (Å²) in [6, 6.07) is 17.3. The maximum absolute atomic E-state index is 12.7. The molecular formula is C27H34N4O2. The van der Waals surface area contributed by atoms with Gasteiger partial charge in [-0.25, -0.2) is 0 Å². The number of benzene rings is 2. The first-order chi connectivity index (χ1) is 15.9. The highest BCUT2D eigenvalue weighted by molar-refractivity contribution is 5.95. The van der Waals surface area contributed by atoms with Crippen molar-refractivity contribution in [1.82, 2.24) is 9.78 Å². The number of amides is 1. The summed E-state index contributed by atoms with van der Waals surface area (Å²) in [5.41, 5.74) is 11.6. The van der Waals surface area contributed by atoms with Crippen LogP contribution in [0.4, 0.5) is 5.69 Å². The van der Waals surface area contributed by atoms with Crippen molar-refractivity contribution in [2.45, 2.75) is 64.6 Å². The van der Waals surface area contributed by atoms with Gasteiger partial charge in [-0.15, -0.1) is 0 Å². The molecule has 3 aromatic rings. The Morgan fingerprint density at radius 2 is 1.79 bits per heavy atom. The Morgan fingerprint density at radius 1 is 1.12 bits per heavy atom. The van der Waals surface area contributed by atoms with Gasteiger partial charge in [0, 0.05) is 11.3 Å². The van der Waals surface area contributed by atoms with Crippen LogP contribution in [0.15, 0.2) is 54.6 Å². The van der Waals surface area contributed by atoms with Gasteiger partial charge < -0.3 is 16.2 Å². The van der Waals surface area contributed by atoms with Crippen LogP contribution in [0.2, 0.25) is 0 Å². The minimum Gasteiger partial charge on any atom is -0.387 e. The quantitative estimate of drug-likeness (QED) is 0.486. The molecule has 6 nitrogen and oxygen atoms in total. The van der Waals surface area contributed by atoms with Crippen molar-refractivity contribution in [1.29, 1.82) is 0 Å². The predicted octanol–water partition coefficient (Wildman–Crippen LogP) is 4.81. The largest absolute Gasteiger partial charge is 0.387 e. The minimum atomic E-state index is -0.669. The summed E-state index contributed by atoms with van der Waals surface area (Å²) >= 11 is 0. The lowest BCUT2D eigenvalue weighted by molar-refractivity contribution is -0.118. The third kappa shape index (κ3) is 5.34. The molecule has 174 valence electrons. The number of aliphatic hydroxyl groups excluding tert-OH is 1. The van der Waals surface area contributed by atoms with Crippen LogP contribution in [0.25, 0.3) is 11.1 Å². The lowest BCUT2D eigenvalue weighted by Gasteiger charge is -2.26. The van der Waals surface area contributed by atoms with Gasteiger partial charge in [0.25, 0.3) is 0 Å². The molecule has 1 heterocycles. The third-order valence-electron chi connectivity index (χ3n) is 6.64. The average molecular weight is 447 g/mol. The molecule has 0 spiro atoms. The summed E-state index contributed by atoms with van der Waals surface area (Å²) in [5.74, 6) is 0.149. The zero-order valence-electron chi connectivity index (χ0n) is 19.5. The second-order valence-corrected chi connectivity index (χ2v) is 9.16. The molecule has 2 atom stereocenters. The summed E-state index contributed by atoms with van der Waals surface area (Å²) in [7, 11) is 0. The molecule has 0 radical (unpaired) electrons. The zero-order chi connectivity index (χ0) is 23.4. The van der Waals surface area contributed by atoms with Crippen LogP contribution in [0.3, 0.4) is 0 Å². The molecule has 0 saturated heterocycles. The van der Waals surface area contributed by atoms with E-state index >= 15 is 0 Å². The number of aromatic nitrogens is 2. The van der Waals surface area contributed by atoms with Crippen molar-refractivity contribution in [2.24, 2.45) is 11.7 Å². The van der Waals surface area contributed by atoms with E-state index in [0.717, 1.165) is 59.4 Å². The third-order valence-corrected chi connectivity index (χ3v) is 6.64. The van der Waals surface area contributed by atoms with E-state index in [0.29, 0.717) is 6.54 Å². The van der Waals surface area contributed by atoms with Gasteiger partial charge in [0.05, 0.1) is 30.1 Å². The molecule has 1 saturated carbocycles. The van der Waals surface area contributed by atoms with E-state index in [1.165, 1.54) is 6.42 Å². The van der Waals surface area contributed by atoms with E-state index in [1.54, 1.807) is 6.92 Å². The van der Waals surface area contributed by atoms with Crippen LogP contribution in [0, 0.1) is 12.8 Å². The molecule has 1 aliphatic rings. The minimum absolute atomic E-state index is 0.119. The van der Waals surface area contributed by atoms with Gasteiger partial charge in [0.1, 0.15) is 0 Å². The SMILES string of the molecule is Cc1nn(Cc2ccccc2)c(C(C)O)c1-c1ccc(NC(=O)[C@@H](N)C2CCCCC2)cc1. The second kappa shape index (κ2) is 10.3. The van der Waals surface area contributed by atoms with Crippen molar-refractivity contribution in [2.75, 3.05) is 5.32 Å². The summed E-state index contributed by atoms with van der Waals surface area (Å²) < 4.78 is 1.88. The van der Waals surface area contributed by atoms with E-state index in [1.807, 2.05) is 54.1 Å². The van der Waals surface area contributed by atoms with E-state index < -0.39 is 12.1 Å². The highest BCUT2D eigenvalue weighted by Crippen LogP contribution is 2.33. The van der Waals surface area contributed by atoms with Crippen LogP contribution in [-0.4, -0.2) is 26.8 Å². The highest BCUT2D eigenvalue weighted by atomic mass is 16.3. The Labute approximate surface area is 195 Å². The Balaban J connectivity index is 1.53. The number of hydrogen-bond acceptors (Lipinski definition) is 4. The molecule has 0 bridgehead atoms. The molecule has 6 heteroatoms. The Morgan fingerprint density at radius 3 is 2.42 bits per heavy atom. The Kier molecular flexibility index (Phi) is 7.26. The number of rotatable bonds is 7. The fourth-order valence-corrected chi connectivity index (χ4v) is 4.91. The Bertz CT molecular complexity index is 1070. The number of nitrogens with two attached hydrogens (primary N) is 1. The Hall–Kier alpha value is -2.96. The molecular weight excluding hydrogens is 412 g/mol. The van der Waals surface area contributed by atoms with Gasteiger partial charge in [-0.2, -0.15) is 5.10 Å². The van der Waals surface area contributed by atoms with Gasteiger partial charge in [-0.05, 0) is 55.9 Å². The first kappa shape index (κ1) is 23.2. The van der Waals surface area contributed by atoms with Gasteiger partial charge in [-0.3, -0.25) is 9.48 Å². The van der Waals surface area contributed by atoms with Crippen molar-refractivity contribution in [3.63, 3.8) is 0 Å². The molecule has 1 unspecified atom stereocenters. The van der Waals surface area contributed by atoms with E-state index in [4.69, 9.17) is 10.8 Å². The topological polar surface area (TPSA) is 93.2 Å². The van der Waals surface area contributed by atoms with Crippen LogP contribution >= 0.6 is 0 Å². The number of aliphatic hydroxyl groups is 1. The van der Waals surface area contributed by atoms with Gasteiger partial charge >= 0.3 is 0 Å². The second-order valence-electron chi connectivity index (χ2n) is 9.16. The summed E-state index contributed by atoms with van der Waals surface area (Å²) in [6.07, 6.45) is 4.94. The van der Waals surface area contributed by atoms with Gasteiger partial charge in [0.2, 0.25) is 5.91 Å². The summed E-state index contributed by atoms with van der Waals surface area (Å²) in [4.78, 5) is 12.7. The number of aryl methyl sites for hydroxylation is 1. The van der Waals surface area contributed by atoms with Crippen LogP contribution in [0.5, 0.6) is 0 Å². The first-order valence-corrected chi connectivity index (χ1v) is 11.9. The standard InChI is InChI=1S/C27H34N4O2/c1-18-24(26(19(2)32)31(30-18)17-20-9-5-3-6-10-20)21-13-15-23(16-14-21)29-27(33)25(28)22-11-7-4-8-12-22/h3,5-6,9-10,13-16,19,22,25,32H,4,7-8,11-12,17,28H2,1-2H3,(H,29,33)/t19?,25-/m0/s1. The molecule has 1 aliphatic carbocycles.